The number of rotatable bonds is 4. The first-order valence-electron chi connectivity index (χ1n) is 7.26. The predicted molar refractivity (Wildman–Crippen MR) is 83.8 cm³/mol. The molecule has 5 heteroatoms. The van der Waals surface area contributed by atoms with Crippen LogP contribution in [0.2, 0.25) is 5.02 Å². The van der Waals surface area contributed by atoms with Crippen LogP contribution in [0.15, 0.2) is 24.3 Å². The first kappa shape index (κ1) is 14.4. The first-order valence-corrected chi connectivity index (χ1v) is 7.64. The van der Waals surface area contributed by atoms with Gasteiger partial charge in [-0.3, -0.25) is 4.79 Å². The minimum atomic E-state index is -0.0521. The van der Waals surface area contributed by atoms with E-state index in [-0.39, 0.29) is 5.91 Å². The number of nitrogens with one attached hydrogen (secondary N) is 1. The van der Waals surface area contributed by atoms with E-state index in [2.05, 4.69) is 5.32 Å². The Morgan fingerprint density at radius 1 is 1.52 bits per heavy atom. The van der Waals surface area contributed by atoms with Gasteiger partial charge in [-0.25, -0.2) is 0 Å². The molecule has 1 aromatic heterocycles. The lowest BCUT2D eigenvalue weighted by atomic mass is 10.1. The number of aryl methyl sites for hydroxylation is 1. The van der Waals surface area contributed by atoms with E-state index in [9.17, 15) is 4.79 Å². The molecule has 1 amide bonds. The van der Waals surface area contributed by atoms with Crippen molar-refractivity contribution in [2.75, 3.05) is 19.8 Å². The molecular weight excluding hydrogens is 288 g/mol. The number of benzene rings is 1. The predicted octanol–water partition coefficient (Wildman–Crippen LogP) is 2.99. The molecule has 0 saturated carbocycles. The summed E-state index contributed by atoms with van der Waals surface area (Å²) in [4.78, 5) is 12.3. The van der Waals surface area contributed by atoms with Crippen molar-refractivity contribution in [1.29, 1.82) is 0 Å². The summed E-state index contributed by atoms with van der Waals surface area (Å²) in [6.45, 7) is 2.35. The Morgan fingerprint density at radius 2 is 2.38 bits per heavy atom. The van der Waals surface area contributed by atoms with Gasteiger partial charge in [0, 0.05) is 42.7 Å². The Kier molecular flexibility index (Phi) is 4.17. The molecule has 1 atom stereocenters. The second-order valence-electron chi connectivity index (χ2n) is 5.54. The molecule has 1 aliphatic heterocycles. The highest BCUT2D eigenvalue weighted by molar-refractivity contribution is 6.35. The Balaban J connectivity index is 1.69. The lowest BCUT2D eigenvalue weighted by Gasteiger charge is -2.09. The van der Waals surface area contributed by atoms with Gasteiger partial charge in [0.05, 0.1) is 0 Å². The molecule has 0 bridgehead atoms. The molecule has 0 spiro atoms. The summed E-state index contributed by atoms with van der Waals surface area (Å²) in [5.74, 6) is 0.524. The molecule has 1 aromatic carbocycles. The summed E-state index contributed by atoms with van der Waals surface area (Å²) in [6, 6.07) is 7.55. The molecule has 112 valence electrons. The Labute approximate surface area is 129 Å². The standard InChI is InChI=1S/C16H19ClN2O2/c1-19-14-4-2-3-13(17)12(14)9-15(19)16(20)18-7-5-11-6-8-21-10-11/h2-4,9,11H,5-8,10H2,1H3,(H,18,20)/t11-/m1/s1. The van der Waals surface area contributed by atoms with Crippen molar-refractivity contribution in [2.24, 2.45) is 13.0 Å². The molecule has 1 aliphatic rings. The number of carbonyl (C=O) groups excluding carboxylic acids is 1. The van der Waals surface area contributed by atoms with Crippen LogP contribution in [0.5, 0.6) is 0 Å². The molecule has 1 N–H and O–H groups in total. The number of nitrogens with zero attached hydrogens (tertiary/aromatic N) is 1. The molecular formula is C16H19ClN2O2. The fourth-order valence-electron chi connectivity index (χ4n) is 2.83. The molecule has 0 unspecified atom stereocenters. The van der Waals surface area contributed by atoms with E-state index < -0.39 is 0 Å². The molecule has 21 heavy (non-hydrogen) atoms. The number of carbonyl (C=O) groups is 1. The van der Waals surface area contributed by atoms with E-state index in [0.29, 0.717) is 23.2 Å². The first-order chi connectivity index (χ1) is 10.2. The van der Waals surface area contributed by atoms with Crippen LogP contribution in [0.1, 0.15) is 23.3 Å². The van der Waals surface area contributed by atoms with Gasteiger partial charge in [0.25, 0.3) is 5.91 Å². The topological polar surface area (TPSA) is 43.3 Å². The molecule has 2 aromatic rings. The van der Waals surface area contributed by atoms with Crippen LogP contribution < -0.4 is 5.32 Å². The molecule has 3 rings (SSSR count). The zero-order valence-electron chi connectivity index (χ0n) is 12.1. The van der Waals surface area contributed by atoms with Gasteiger partial charge in [0.15, 0.2) is 0 Å². The maximum atomic E-state index is 12.3. The summed E-state index contributed by atoms with van der Waals surface area (Å²) in [5.41, 5.74) is 1.61. The molecule has 0 aliphatic carbocycles. The lowest BCUT2D eigenvalue weighted by molar-refractivity contribution is 0.0942. The normalized spacial score (nSPS) is 18.3. The van der Waals surface area contributed by atoms with Crippen molar-refractivity contribution < 1.29 is 9.53 Å². The number of amides is 1. The molecule has 4 nitrogen and oxygen atoms in total. The van der Waals surface area contributed by atoms with Crippen molar-refractivity contribution in [3.8, 4) is 0 Å². The largest absolute Gasteiger partial charge is 0.381 e. The zero-order chi connectivity index (χ0) is 14.8. The lowest BCUT2D eigenvalue weighted by Crippen LogP contribution is -2.27. The van der Waals surface area contributed by atoms with Gasteiger partial charge in [-0.15, -0.1) is 0 Å². The average Bonchev–Trinajstić information content (AvgIpc) is 3.08. The van der Waals surface area contributed by atoms with E-state index in [1.807, 2.05) is 35.9 Å². The fourth-order valence-corrected chi connectivity index (χ4v) is 3.06. The minimum Gasteiger partial charge on any atom is -0.381 e. The third kappa shape index (κ3) is 2.92. The number of halogens is 1. The van der Waals surface area contributed by atoms with Crippen LogP contribution in [0, 0.1) is 5.92 Å². The van der Waals surface area contributed by atoms with E-state index in [1.165, 1.54) is 0 Å². The van der Waals surface area contributed by atoms with Crippen LogP contribution >= 0.6 is 11.6 Å². The van der Waals surface area contributed by atoms with Gasteiger partial charge in [-0.1, -0.05) is 17.7 Å². The van der Waals surface area contributed by atoms with Crippen LogP contribution in [0.4, 0.5) is 0 Å². The van der Waals surface area contributed by atoms with Gasteiger partial charge in [-0.05, 0) is 37.0 Å². The van der Waals surface area contributed by atoms with Gasteiger partial charge in [0.2, 0.25) is 0 Å². The fraction of sp³-hybridized carbons (Fsp3) is 0.438. The number of ether oxygens (including phenoxy) is 1. The Bertz CT molecular complexity index is 660. The monoisotopic (exact) mass is 306 g/mol. The highest BCUT2D eigenvalue weighted by Crippen LogP contribution is 2.26. The van der Waals surface area contributed by atoms with Gasteiger partial charge in [-0.2, -0.15) is 0 Å². The van der Waals surface area contributed by atoms with Crippen molar-refractivity contribution in [3.63, 3.8) is 0 Å². The summed E-state index contributed by atoms with van der Waals surface area (Å²) >= 11 is 6.18. The van der Waals surface area contributed by atoms with Gasteiger partial charge >= 0.3 is 0 Å². The molecule has 1 saturated heterocycles. The average molecular weight is 307 g/mol. The zero-order valence-corrected chi connectivity index (χ0v) is 12.8. The van der Waals surface area contributed by atoms with Gasteiger partial charge in [0.1, 0.15) is 5.69 Å². The summed E-state index contributed by atoms with van der Waals surface area (Å²) < 4.78 is 7.22. The van der Waals surface area contributed by atoms with Crippen LogP contribution in [-0.4, -0.2) is 30.2 Å². The quantitative estimate of drug-likeness (QED) is 0.943. The van der Waals surface area contributed by atoms with E-state index in [0.717, 1.165) is 37.0 Å². The second-order valence-corrected chi connectivity index (χ2v) is 5.94. The van der Waals surface area contributed by atoms with Crippen LogP contribution in [0.3, 0.4) is 0 Å². The molecule has 0 radical (unpaired) electrons. The third-order valence-electron chi connectivity index (χ3n) is 4.13. The number of hydrogen-bond acceptors (Lipinski definition) is 2. The van der Waals surface area contributed by atoms with Crippen molar-refractivity contribution in [2.45, 2.75) is 12.8 Å². The molecule has 2 heterocycles. The maximum Gasteiger partial charge on any atom is 0.267 e. The number of hydrogen-bond donors (Lipinski definition) is 1. The molecule has 1 fully saturated rings. The van der Waals surface area contributed by atoms with Crippen molar-refractivity contribution >= 4 is 28.4 Å². The van der Waals surface area contributed by atoms with E-state index >= 15 is 0 Å². The van der Waals surface area contributed by atoms with E-state index in [1.54, 1.807) is 0 Å². The Hall–Kier alpha value is -1.52. The summed E-state index contributed by atoms with van der Waals surface area (Å²) in [5, 5.41) is 4.57. The summed E-state index contributed by atoms with van der Waals surface area (Å²) in [6.07, 6.45) is 2.07. The third-order valence-corrected chi connectivity index (χ3v) is 4.46. The highest BCUT2D eigenvalue weighted by Gasteiger charge is 2.17. The number of fused-ring (bicyclic) bond motifs is 1. The van der Waals surface area contributed by atoms with Crippen LogP contribution in [0.25, 0.3) is 10.9 Å². The second kappa shape index (κ2) is 6.08. The van der Waals surface area contributed by atoms with Crippen molar-refractivity contribution in [3.05, 3.63) is 35.0 Å². The SMILES string of the molecule is Cn1c(C(=O)NCC[C@@H]2CCOC2)cc2c(Cl)cccc21. The van der Waals surface area contributed by atoms with E-state index in [4.69, 9.17) is 16.3 Å². The smallest absolute Gasteiger partial charge is 0.267 e. The van der Waals surface area contributed by atoms with Crippen LogP contribution in [-0.2, 0) is 11.8 Å². The van der Waals surface area contributed by atoms with Gasteiger partial charge < -0.3 is 14.6 Å². The maximum absolute atomic E-state index is 12.3. The summed E-state index contributed by atoms with van der Waals surface area (Å²) in [7, 11) is 1.89. The number of aromatic nitrogens is 1. The Morgan fingerprint density at radius 3 is 3.10 bits per heavy atom. The highest BCUT2D eigenvalue weighted by atomic mass is 35.5. The minimum absolute atomic E-state index is 0.0521. The van der Waals surface area contributed by atoms with Crippen molar-refractivity contribution in [1.82, 2.24) is 9.88 Å².